The second-order valence-corrected chi connectivity index (χ2v) is 4.35. The van der Waals surface area contributed by atoms with Crippen molar-refractivity contribution in [3.8, 4) is 17.6 Å². The highest BCUT2D eigenvalue weighted by Gasteiger charge is 2.13. The molecule has 0 fully saturated rings. The van der Waals surface area contributed by atoms with Gasteiger partial charge in [-0.3, -0.25) is 0 Å². The first kappa shape index (κ1) is 12.9. The maximum absolute atomic E-state index is 8.86. The van der Waals surface area contributed by atoms with Crippen LogP contribution in [0.2, 0.25) is 0 Å². The molecule has 0 atom stereocenters. The lowest BCUT2D eigenvalue weighted by atomic mass is 10.2. The minimum atomic E-state index is 0.0587. The van der Waals surface area contributed by atoms with Gasteiger partial charge in [-0.15, -0.1) is 0 Å². The fourth-order valence-electron chi connectivity index (χ4n) is 1.25. The van der Waals surface area contributed by atoms with E-state index in [0.29, 0.717) is 23.7 Å². The fourth-order valence-corrected chi connectivity index (χ4v) is 1.78. The van der Waals surface area contributed by atoms with Crippen molar-refractivity contribution in [2.75, 3.05) is 6.61 Å². The third kappa shape index (κ3) is 3.14. The fraction of sp³-hybridized carbons (Fsp3) is 0.417. The Hall–Kier alpha value is -1.21. The van der Waals surface area contributed by atoms with Gasteiger partial charge < -0.3 is 9.47 Å². The van der Waals surface area contributed by atoms with E-state index >= 15 is 0 Å². The van der Waals surface area contributed by atoms with E-state index in [2.05, 4.69) is 22.0 Å². The Labute approximate surface area is 104 Å². The van der Waals surface area contributed by atoms with Crippen molar-refractivity contribution < 1.29 is 9.47 Å². The van der Waals surface area contributed by atoms with Crippen LogP contribution in [0.25, 0.3) is 0 Å². The molecule has 16 heavy (non-hydrogen) atoms. The van der Waals surface area contributed by atoms with Gasteiger partial charge in [-0.05, 0) is 42.8 Å². The topological polar surface area (TPSA) is 42.2 Å². The maximum Gasteiger partial charge on any atom is 0.175 e. The Kier molecular flexibility index (Phi) is 4.63. The van der Waals surface area contributed by atoms with Gasteiger partial charge in [-0.1, -0.05) is 0 Å². The molecule has 4 heteroatoms. The monoisotopic (exact) mass is 283 g/mol. The number of nitriles is 1. The van der Waals surface area contributed by atoms with Gasteiger partial charge in [0, 0.05) is 6.07 Å². The third-order valence-electron chi connectivity index (χ3n) is 1.79. The number of halogens is 1. The molecule has 0 aromatic heterocycles. The molecule has 0 heterocycles. The summed E-state index contributed by atoms with van der Waals surface area (Å²) in [6, 6.07) is 5.49. The van der Waals surface area contributed by atoms with E-state index in [4.69, 9.17) is 14.7 Å². The van der Waals surface area contributed by atoms with Gasteiger partial charge in [0.1, 0.15) is 0 Å². The van der Waals surface area contributed by atoms with Crippen molar-refractivity contribution in [2.24, 2.45) is 0 Å². The highest BCUT2D eigenvalue weighted by atomic mass is 79.9. The van der Waals surface area contributed by atoms with E-state index in [1.54, 1.807) is 12.1 Å². The first-order chi connectivity index (χ1) is 7.58. The highest BCUT2D eigenvalue weighted by Crippen LogP contribution is 2.37. The summed E-state index contributed by atoms with van der Waals surface area (Å²) < 4.78 is 11.8. The average Bonchev–Trinajstić information content (AvgIpc) is 2.22. The van der Waals surface area contributed by atoms with Crippen molar-refractivity contribution in [2.45, 2.75) is 26.9 Å². The largest absolute Gasteiger partial charge is 0.490 e. The summed E-state index contributed by atoms with van der Waals surface area (Å²) in [7, 11) is 0. The molecule has 0 aliphatic rings. The summed E-state index contributed by atoms with van der Waals surface area (Å²) in [6.07, 6.45) is 0.0587. The molecule has 1 aromatic rings. The van der Waals surface area contributed by atoms with E-state index in [1.165, 1.54) is 0 Å². The number of nitrogens with zero attached hydrogens (tertiary/aromatic N) is 1. The minimum absolute atomic E-state index is 0.0587. The zero-order chi connectivity index (χ0) is 12.1. The van der Waals surface area contributed by atoms with E-state index in [0.717, 1.165) is 4.47 Å². The van der Waals surface area contributed by atoms with Crippen LogP contribution < -0.4 is 9.47 Å². The second kappa shape index (κ2) is 5.76. The van der Waals surface area contributed by atoms with Crippen molar-refractivity contribution in [1.82, 2.24) is 0 Å². The molecular formula is C12H14BrNO2. The van der Waals surface area contributed by atoms with Crippen LogP contribution in [-0.4, -0.2) is 12.7 Å². The molecule has 0 spiro atoms. The molecule has 0 bridgehead atoms. The normalized spacial score (nSPS) is 10.0. The van der Waals surface area contributed by atoms with Gasteiger partial charge in [0.25, 0.3) is 0 Å². The number of ether oxygens (including phenoxy) is 2. The summed E-state index contributed by atoms with van der Waals surface area (Å²) in [4.78, 5) is 0. The second-order valence-electron chi connectivity index (χ2n) is 3.50. The van der Waals surface area contributed by atoms with Crippen LogP contribution in [0.15, 0.2) is 16.6 Å². The predicted molar refractivity (Wildman–Crippen MR) is 65.8 cm³/mol. The summed E-state index contributed by atoms with van der Waals surface area (Å²) in [5.74, 6) is 1.25. The molecule has 0 N–H and O–H groups in total. The lowest BCUT2D eigenvalue weighted by molar-refractivity contribution is 0.222. The van der Waals surface area contributed by atoms with Crippen LogP contribution in [0.1, 0.15) is 26.3 Å². The summed E-state index contributed by atoms with van der Waals surface area (Å²) in [5.41, 5.74) is 0.548. The molecule has 0 saturated carbocycles. The van der Waals surface area contributed by atoms with Gasteiger partial charge in [0.2, 0.25) is 0 Å². The smallest absolute Gasteiger partial charge is 0.175 e. The van der Waals surface area contributed by atoms with Gasteiger partial charge in [-0.2, -0.15) is 5.26 Å². The first-order valence-electron chi connectivity index (χ1n) is 5.11. The third-order valence-corrected chi connectivity index (χ3v) is 2.38. The van der Waals surface area contributed by atoms with Crippen LogP contribution in [0.5, 0.6) is 11.5 Å². The van der Waals surface area contributed by atoms with Crippen LogP contribution >= 0.6 is 15.9 Å². The van der Waals surface area contributed by atoms with E-state index < -0.39 is 0 Å². The Morgan fingerprint density at radius 3 is 2.62 bits per heavy atom. The number of hydrogen-bond donors (Lipinski definition) is 0. The van der Waals surface area contributed by atoms with Crippen LogP contribution in [0.4, 0.5) is 0 Å². The standard InChI is InChI=1S/C12H14BrNO2/c1-4-15-11-6-9(7-14)5-10(13)12(11)16-8(2)3/h5-6,8H,4H2,1-3H3. The highest BCUT2D eigenvalue weighted by molar-refractivity contribution is 9.10. The molecular weight excluding hydrogens is 270 g/mol. The Balaban J connectivity index is 3.18. The van der Waals surface area contributed by atoms with Crippen LogP contribution in [-0.2, 0) is 0 Å². The number of benzene rings is 1. The summed E-state index contributed by atoms with van der Waals surface area (Å²) in [6.45, 7) is 6.32. The van der Waals surface area contributed by atoms with Gasteiger partial charge in [0.15, 0.2) is 11.5 Å². The molecule has 0 saturated heterocycles. The zero-order valence-electron chi connectivity index (χ0n) is 9.58. The molecule has 0 unspecified atom stereocenters. The van der Waals surface area contributed by atoms with Gasteiger partial charge in [-0.25, -0.2) is 0 Å². The van der Waals surface area contributed by atoms with Gasteiger partial charge in [0.05, 0.1) is 28.8 Å². The van der Waals surface area contributed by atoms with Gasteiger partial charge >= 0.3 is 0 Å². The zero-order valence-corrected chi connectivity index (χ0v) is 11.2. The van der Waals surface area contributed by atoms with Crippen molar-refractivity contribution in [1.29, 1.82) is 5.26 Å². The molecule has 86 valence electrons. The van der Waals surface area contributed by atoms with E-state index in [-0.39, 0.29) is 6.10 Å². The first-order valence-corrected chi connectivity index (χ1v) is 5.90. The van der Waals surface area contributed by atoms with Crippen LogP contribution in [0.3, 0.4) is 0 Å². The quantitative estimate of drug-likeness (QED) is 0.849. The molecule has 0 aliphatic carbocycles. The molecule has 1 rings (SSSR count). The van der Waals surface area contributed by atoms with Crippen molar-refractivity contribution >= 4 is 15.9 Å². The average molecular weight is 284 g/mol. The molecule has 0 amide bonds. The Bertz CT molecular complexity index is 410. The SMILES string of the molecule is CCOc1cc(C#N)cc(Br)c1OC(C)C. The molecule has 1 aromatic carbocycles. The molecule has 0 radical (unpaired) electrons. The summed E-state index contributed by atoms with van der Waals surface area (Å²) in [5, 5.41) is 8.86. The molecule has 0 aliphatic heterocycles. The number of rotatable bonds is 4. The Morgan fingerprint density at radius 2 is 2.12 bits per heavy atom. The van der Waals surface area contributed by atoms with E-state index in [9.17, 15) is 0 Å². The van der Waals surface area contributed by atoms with Crippen molar-refractivity contribution in [3.05, 3.63) is 22.2 Å². The van der Waals surface area contributed by atoms with Crippen molar-refractivity contribution in [3.63, 3.8) is 0 Å². The molecule has 3 nitrogen and oxygen atoms in total. The van der Waals surface area contributed by atoms with Crippen LogP contribution in [0, 0.1) is 11.3 Å². The lowest BCUT2D eigenvalue weighted by Gasteiger charge is -2.16. The van der Waals surface area contributed by atoms with E-state index in [1.807, 2.05) is 20.8 Å². The minimum Gasteiger partial charge on any atom is -0.490 e. The Morgan fingerprint density at radius 1 is 1.44 bits per heavy atom. The predicted octanol–water partition coefficient (Wildman–Crippen LogP) is 3.51. The number of hydrogen-bond acceptors (Lipinski definition) is 3. The summed E-state index contributed by atoms with van der Waals surface area (Å²) >= 11 is 3.38. The lowest BCUT2D eigenvalue weighted by Crippen LogP contribution is -2.08. The maximum atomic E-state index is 8.86.